The largest absolute Gasteiger partial charge is 0.501 e. The minimum atomic E-state index is -0.930. The average Bonchev–Trinajstić information content (AvgIpc) is 2.60. The zero-order valence-electron chi connectivity index (χ0n) is 12.9. The monoisotopic (exact) mass is 330 g/mol. The predicted octanol–water partition coefficient (Wildman–Crippen LogP) is 0.408. The van der Waals surface area contributed by atoms with Crippen molar-refractivity contribution in [3.8, 4) is 11.6 Å². The molecule has 1 atom stereocenters. The van der Waals surface area contributed by atoms with E-state index in [0.29, 0.717) is 26.3 Å². The highest BCUT2D eigenvalue weighted by molar-refractivity contribution is 5.94. The Hall–Kier alpha value is -2.71. The van der Waals surface area contributed by atoms with Crippen LogP contribution < -0.4 is 5.73 Å². The van der Waals surface area contributed by atoms with Gasteiger partial charge < -0.3 is 20.7 Å². The number of nitrogens with two attached hydrogens (primary N) is 1. The number of ether oxygens (including phenoxy) is 1. The molecule has 1 unspecified atom stereocenters. The molecule has 0 saturated carbocycles. The molecule has 126 valence electrons. The number of nitrogens with zero attached hydrogens (tertiary/aromatic N) is 3. The Balaban J connectivity index is 2.10. The second-order valence-electron chi connectivity index (χ2n) is 5.43. The maximum absolute atomic E-state index is 11.5. The Labute approximate surface area is 138 Å². The van der Waals surface area contributed by atoms with Crippen LogP contribution in [-0.4, -0.2) is 57.3 Å². The summed E-state index contributed by atoms with van der Waals surface area (Å²) in [6, 6.07) is 9.11. The molecule has 1 saturated heterocycles. The first-order valence-electron chi connectivity index (χ1n) is 7.54. The third-order valence-electron chi connectivity index (χ3n) is 3.89. The summed E-state index contributed by atoms with van der Waals surface area (Å²) in [6.45, 7) is 2.43. The van der Waals surface area contributed by atoms with E-state index in [0.717, 1.165) is 5.56 Å². The first-order valence-corrected chi connectivity index (χ1v) is 7.54. The van der Waals surface area contributed by atoms with Crippen LogP contribution in [0.2, 0.25) is 0 Å². The third kappa shape index (κ3) is 3.15. The first-order chi connectivity index (χ1) is 11.6. The normalized spacial score (nSPS) is 16.7. The van der Waals surface area contributed by atoms with E-state index in [1.807, 2.05) is 30.3 Å². The maximum Gasteiger partial charge on any atom is 0.271 e. The Morgan fingerprint density at radius 3 is 2.46 bits per heavy atom. The fourth-order valence-corrected chi connectivity index (χ4v) is 2.75. The number of hydrogen-bond donors (Lipinski definition) is 3. The fraction of sp³-hybridized carbons (Fsp3) is 0.312. The Morgan fingerprint density at radius 1 is 1.17 bits per heavy atom. The highest BCUT2D eigenvalue weighted by Crippen LogP contribution is 2.32. The number of carbonyl (C=O) groups excluding carboxylic acids is 1. The number of aromatic nitrogens is 2. The lowest BCUT2D eigenvalue weighted by molar-refractivity contribution is 0.0222. The van der Waals surface area contributed by atoms with Crippen molar-refractivity contribution in [1.29, 1.82) is 0 Å². The average molecular weight is 330 g/mol. The topological polar surface area (TPSA) is 122 Å². The predicted molar refractivity (Wildman–Crippen MR) is 84.6 cm³/mol. The molecule has 2 aromatic rings. The highest BCUT2D eigenvalue weighted by atomic mass is 16.5. The van der Waals surface area contributed by atoms with Crippen LogP contribution >= 0.6 is 0 Å². The summed E-state index contributed by atoms with van der Waals surface area (Å²) in [4.78, 5) is 21.7. The number of rotatable bonds is 4. The third-order valence-corrected chi connectivity index (χ3v) is 3.89. The van der Waals surface area contributed by atoms with Crippen molar-refractivity contribution < 1.29 is 19.7 Å². The molecular formula is C16H18N4O4. The Bertz CT molecular complexity index is 732. The van der Waals surface area contributed by atoms with E-state index in [1.165, 1.54) is 0 Å². The van der Waals surface area contributed by atoms with Gasteiger partial charge in [0.2, 0.25) is 5.75 Å². The lowest BCUT2D eigenvalue weighted by Gasteiger charge is -2.33. The summed E-state index contributed by atoms with van der Waals surface area (Å²) in [5, 5.41) is 19.6. The summed E-state index contributed by atoms with van der Waals surface area (Å²) in [5.74, 6) is -2.10. The van der Waals surface area contributed by atoms with E-state index in [4.69, 9.17) is 10.5 Å². The van der Waals surface area contributed by atoms with Crippen LogP contribution in [0.25, 0.3) is 0 Å². The van der Waals surface area contributed by atoms with Crippen molar-refractivity contribution in [2.24, 2.45) is 5.73 Å². The summed E-state index contributed by atoms with van der Waals surface area (Å²) in [6.07, 6.45) is 0. The number of hydrogen-bond acceptors (Lipinski definition) is 7. The molecule has 4 N–H and O–H groups in total. The number of benzene rings is 1. The maximum atomic E-state index is 11.5. The number of primary amides is 1. The van der Waals surface area contributed by atoms with Gasteiger partial charge in [-0.15, -0.1) is 0 Å². The molecule has 0 aliphatic carbocycles. The number of morpholine rings is 1. The summed E-state index contributed by atoms with van der Waals surface area (Å²) in [5.41, 5.74) is 5.74. The van der Waals surface area contributed by atoms with E-state index in [1.54, 1.807) is 0 Å². The van der Waals surface area contributed by atoms with Gasteiger partial charge in [-0.05, 0) is 5.56 Å². The Morgan fingerprint density at radius 2 is 1.83 bits per heavy atom. The van der Waals surface area contributed by atoms with Gasteiger partial charge >= 0.3 is 0 Å². The molecule has 1 aromatic carbocycles. The molecule has 24 heavy (non-hydrogen) atoms. The van der Waals surface area contributed by atoms with Crippen LogP contribution in [0.5, 0.6) is 11.6 Å². The van der Waals surface area contributed by atoms with Gasteiger partial charge in [0.05, 0.1) is 19.3 Å². The SMILES string of the molecule is NC(=O)c1nc(C(c2ccccc2)N2CCOCC2)nc(O)c1O. The molecule has 8 nitrogen and oxygen atoms in total. The van der Waals surface area contributed by atoms with Crippen LogP contribution in [0.4, 0.5) is 0 Å². The second-order valence-corrected chi connectivity index (χ2v) is 5.43. The number of amides is 1. The van der Waals surface area contributed by atoms with E-state index >= 15 is 0 Å². The standard InChI is InChI=1S/C16H18N4O4/c17-14(22)11-13(21)16(23)19-15(18-11)12(10-4-2-1-3-5-10)20-6-8-24-9-7-20/h1-5,12,21H,6-9H2,(H2,17,22)(H,18,19,23). The minimum absolute atomic E-state index is 0.201. The van der Waals surface area contributed by atoms with Crippen LogP contribution in [0, 0.1) is 0 Å². The van der Waals surface area contributed by atoms with Crippen molar-refractivity contribution in [2.75, 3.05) is 26.3 Å². The van der Waals surface area contributed by atoms with Gasteiger partial charge in [0.15, 0.2) is 11.5 Å². The van der Waals surface area contributed by atoms with Crippen molar-refractivity contribution >= 4 is 5.91 Å². The van der Waals surface area contributed by atoms with E-state index in [9.17, 15) is 15.0 Å². The lowest BCUT2D eigenvalue weighted by Crippen LogP contribution is -2.40. The van der Waals surface area contributed by atoms with Gasteiger partial charge in [-0.25, -0.2) is 4.98 Å². The number of aromatic hydroxyl groups is 2. The second kappa shape index (κ2) is 6.81. The molecular weight excluding hydrogens is 312 g/mol. The molecule has 3 rings (SSSR count). The summed E-state index contributed by atoms with van der Waals surface area (Å²) in [7, 11) is 0. The van der Waals surface area contributed by atoms with E-state index in [-0.39, 0.29) is 11.9 Å². The molecule has 1 amide bonds. The van der Waals surface area contributed by atoms with E-state index < -0.39 is 23.2 Å². The molecule has 1 aliphatic heterocycles. The van der Waals surface area contributed by atoms with Crippen LogP contribution in [0.1, 0.15) is 27.9 Å². The van der Waals surface area contributed by atoms with Gasteiger partial charge in [-0.2, -0.15) is 4.98 Å². The Kier molecular flexibility index (Phi) is 4.59. The first kappa shape index (κ1) is 16.2. The highest BCUT2D eigenvalue weighted by Gasteiger charge is 2.29. The van der Waals surface area contributed by atoms with Gasteiger partial charge in [0.1, 0.15) is 0 Å². The fourth-order valence-electron chi connectivity index (χ4n) is 2.75. The minimum Gasteiger partial charge on any atom is -0.501 e. The van der Waals surface area contributed by atoms with Crippen LogP contribution in [-0.2, 0) is 4.74 Å². The zero-order valence-corrected chi connectivity index (χ0v) is 12.9. The smallest absolute Gasteiger partial charge is 0.271 e. The molecule has 0 spiro atoms. The molecule has 1 aliphatic rings. The van der Waals surface area contributed by atoms with E-state index in [2.05, 4.69) is 14.9 Å². The van der Waals surface area contributed by atoms with Gasteiger partial charge in [-0.3, -0.25) is 9.69 Å². The number of carbonyl (C=O) groups is 1. The lowest BCUT2D eigenvalue weighted by atomic mass is 10.0. The zero-order chi connectivity index (χ0) is 17.1. The molecule has 0 radical (unpaired) electrons. The molecule has 0 bridgehead atoms. The van der Waals surface area contributed by atoms with Gasteiger partial charge in [0.25, 0.3) is 11.8 Å². The van der Waals surface area contributed by atoms with Crippen LogP contribution in [0.3, 0.4) is 0 Å². The van der Waals surface area contributed by atoms with Gasteiger partial charge in [0, 0.05) is 13.1 Å². The van der Waals surface area contributed by atoms with Crippen molar-refractivity contribution in [3.05, 3.63) is 47.4 Å². The van der Waals surface area contributed by atoms with Gasteiger partial charge in [-0.1, -0.05) is 30.3 Å². The van der Waals surface area contributed by atoms with Crippen molar-refractivity contribution in [2.45, 2.75) is 6.04 Å². The van der Waals surface area contributed by atoms with Crippen LogP contribution in [0.15, 0.2) is 30.3 Å². The molecule has 1 aromatic heterocycles. The summed E-state index contributed by atoms with van der Waals surface area (Å²) >= 11 is 0. The quantitative estimate of drug-likeness (QED) is 0.742. The van der Waals surface area contributed by atoms with Crippen molar-refractivity contribution in [1.82, 2.24) is 14.9 Å². The molecule has 2 heterocycles. The molecule has 8 heteroatoms. The summed E-state index contributed by atoms with van der Waals surface area (Å²) < 4.78 is 5.38. The molecule has 1 fully saturated rings. The van der Waals surface area contributed by atoms with Crippen molar-refractivity contribution in [3.63, 3.8) is 0 Å².